The van der Waals surface area contributed by atoms with Crippen molar-refractivity contribution in [1.29, 1.82) is 0 Å². The van der Waals surface area contributed by atoms with Gasteiger partial charge in [0.1, 0.15) is 17.7 Å². The number of carbonyl (C=O) groups excluding carboxylic acids is 1. The van der Waals surface area contributed by atoms with E-state index in [1.54, 1.807) is 31.6 Å². The van der Waals surface area contributed by atoms with E-state index in [1.807, 2.05) is 68.6 Å². The number of phenols is 1. The third-order valence-corrected chi connectivity index (χ3v) is 7.41. The van der Waals surface area contributed by atoms with Crippen molar-refractivity contribution < 1.29 is 14.3 Å². The highest BCUT2D eigenvalue weighted by Gasteiger charge is 2.24. The number of ketones is 1. The molecule has 3 heterocycles. The second kappa shape index (κ2) is 17.3. The summed E-state index contributed by atoms with van der Waals surface area (Å²) in [4.78, 5) is 16.0. The van der Waals surface area contributed by atoms with E-state index >= 15 is 0 Å². The SMILES string of the molecule is CC.CC(=O)c1ccc2c(c1)n(-c1ccoc1)n2C1CCCCC1.CC(C)C.CC(Cc1ccc(O)cc1)c1ccccn1. The van der Waals surface area contributed by atoms with Crippen molar-refractivity contribution in [1.82, 2.24) is 14.3 Å². The van der Waals surface area contributed by atoms with Gasteiger partial charge in [-0.1, -0.05) is 79.0 Å². The summed E-state index contributed by atoms with van der Waals surface area (Å²) in [5.74, 6) is 1.64. The quantitative estimate of drug-likeness (QED) is 0.198. The number of Topliss-reactive ketones (excluding diaryl/α,β-unsaturated/α-hetero) is 1. The van der Waals surface area contributed by atoms with Gasteiger partial charge < -0.3 is 9.52 Å². The number of pyridine rings is 1. The zero-order valence-corrected chi connectivity index (χ0v) is 27.7. The van der Waals surface area contributed by atoms with E-state index in [2.05, 4.69) is 48.1 Å². The van der Waals surface area contributed by atoms with Crippen LogP contribution in [0.1, 0.15) is 114 Å². The molecule has 1 N–H and O–H groups in total. The molecule has 3 aromatic heterocycles. The Morgan fingerprint density at radius 2 is 1.61 bits per heavy atom. The number of carbonyl (C=O) groups is 1. The molecular formula is C38H51N3O3. The van der Waals surface area contributed by atoms with E-state index in [9.17, 15) is 9.90 Å². The highest BCUT2D eigenvalue weighted by atomic mass is 16.3. The molecule has 2 aromatic carbocycles. The van der Waals surface area contributed by atoms with Gasteiger partial charge >= 0.3 is 0 Å². The van der Waals surface area contributed by atoms with E-state index in [1.165, 1.54) is 43.2 Å². The summed E-state index contributed by atoms with van der Waals surface area (Å²) in [5.41, 5.74) is 6.43. The molecule has 0 aliphatic heterocycles. The number of phenolic OH excluding ortho intramolecular Hbond substituents is 1. The number of hydrogen-bond acceptors (Lipinski definition) is 4. The maximum absolute atomic E-state index is 11.7. The monoisotopic (exact) mass is 597 g/mol. The van der Waals surface area contributed by atoms with E-state index < -0.39 is 0 Å². The summed E-state index contributed by atoms with van der Waals surface area (Å²) >= 11 is 0. The van der Waals surface area contributed by atoms with E-state index in [0.29, 0.717) is 17.7 Å². The lowest BCUT2D eigenvalue weighted by Gasteiger charge is -2.34. The maximum Gasteiger partial charge on any atom is 0.159 e. The lowest BCUT2D eigenvalue weighted by molar-refractivity contribution is 0.101. The average Bonchev–Trinajstić information content (AvgIpc) is 3.55. The molecule has 1 aliphatic carbocycles. The van der Waals surface area contributed by atoms with Gasteiger partial charge in [-0.05, 0) is 80.1 Å². The summed E-state index contributed by atoms with van der Waals surface area (Å²) < 4.78 is 9.84. The number of hydrogen-bond donors (Lipinski definition) is 1. The molecule has 6 rings (SSSR count). The molecule has 1 saturated carbocycles. The van der Waals surface area contributed by atoms with E-state index in [0.717, 1.165) is 34.8 Å². The van der Waals surface area contributed by atoms with Crippen molar-refractivity contribution in [2.75, 3.05) is 0 Å². The number of fused-ring (bicyclic) bond motifs is 1. The predicted molar refractivity (Wildman–Crippen MR) is 182 cm³/mol. The van der Waals surface area contributed by atoms with Gasteiger partial charge in [-0.2, -0.15) is 0 Å². The minimum atomic E-state index is 0.103. The van der Waals surface area contributed by atoms with Crippen molar-refractivity contribution in [3.8, 4) is 11.4 Å². The van der Waals surface area contributed by atoms with Crippen molar-refractivity contribution in [3.63, 3.8) is 0 Å². The molecule has 1 unspecified atom stereocenters. The molecule has 44 heavy (non-hydrogen) atoms. The van der Waals surface area contributed by atoms with Gasteiger partial charge in [-0.25, -0.2) is 4.68 Å². The molecule has 1 atom stereocenters. The minimum absolute atomic E-state index is 0.103. The Morgan fingerprint density at radius 3 is 2.18 bits per heavy atom. The minimum Gasteiger partial charge on any atom is -0.508 e. The molecule has 0 spiro atoms. The lowest BCUT2D eigenvalue weighted by Crippen LogP contribution is -2.27. The van der Waals surface area contributed by atoms with Crippen LogP contribution in [0.3, 0.4) is 0 Å². The maximum atomic E-state index is 11.7. The zero-order valence-electron chi connectivity index (χ0n) is 27.7. The van der Waals surface area contributed by atoms with Gasteiger partial charge in [-0.3, -0.25) is 14.5 Å². The second-order valence-electron chi connectivity index (χ2n) is 11.9. The molecule has 6 nitrogen and oxygen atoms in total. The van der Waals surface area contributed by atoms with Crippen LogP contribution in [0.15, 0.2) is 89.9 Å². The molecule has 236 valence electrons. The first-order valence-electron chi connectivity index (χ1n) is 16.2. The van der Waals surface area contributed by atoms with Crippen molar-refractivity contribution in [3.05, 3.63) is 102 Å². The van der Waals surface area contributed by atoms with Crippen LogP contribution in [0.5, 0.6) is 5.75 Å². The first-order chi connectivity index (χ1) is 21.2. The smallest absolute Gasteiger partial charge is 0.159 e. The number of nitrogens with zero attached hydrogens (tertiary/aromatic N) is 3. The second-order valence-corrected chi connectivity index (χ2v) is 11.9. The van der Waals surface area contributed by atoms with Gasteiger partial charge in [0.25, 0.3) is 0 Å². The van der Waals surface area contributed by atoms with Gasteiger partial charge in [0, 0.05) is 29.4 Å². The number of furan rings is 1. The van der Waals surface area contributed by atoms with Crippen LogP contribution in [0.4, 0.5) is 0 Å². The lowest BCUT2D eigenvalue weighted by atomic mass is 9.95. The number of benzene rings is 2. The van der Waals surface area contributed by atoms with Crippen LogP contribution in [0.25, 0.3) is 16.7 Å². The fraction of sp³-hybridized carbons (Fsp3) is 0.421. The van der Waals surface area contributed by atoms with Crippen LogP contribution in [0, 0.1) is 5.92 Å². The molecule has 0 saturated heterocycles. The first kappa shape index (κ1) is 34.4. The summed E-state index contributed by atoms with van der Waals surface area (Å²) in [6.07, 6.45) is 12.6. The van der Waals surface area contributed by atoms with E-state index in [4.69, 9.17) is 4.42 Å². The van der Waals surface area contributed by atoms with Crippen molar-refractivity contribution >= 4 is 16.8 Å². The molecule has 1 aliphatic rings. The van der Waals surface area contributed by atoms with Crippen molar-refractivity contribution in [2.45, 2.75) is 99.0 Å². The Morgan fingerprint density at radius 1 is 0.932 bits per heavy atom. The number of aromatic hydroxyl groups is 1. The average molecular weight is 598 g/mol. The topological polar surface area (TPSA) is 73.2 Å². The Hall–Kier alpha value is -4.06. The highest BCUT2D eigenvalue weighted by Crippen LogP contribution is 2.36. The fourth-order valence-corrected chi connectivity index (χ4v) is 5.37. The predicted octanol–water partition coefficient (Wildman–Crippen LogP) is 10.6. The summed E-state index contributed by atoms with van der Waals surface area (Å²) in [6.45, 7) is 14.3. The Bertz CT molecular complexity index is 1500. The first-order valence-corrected chi connectivity index (χ1v) is 16.2. The molecule has 5 aromatic rings. The Kier molecular flexibility index (Phi) is 13.5. The fourth-order valence-electron chi connectivity index (χ4n) is 5.37. The third-order valence-electron chi connectivity index (χ3n) is 7.41. The zero-order chi connectivity index (χ0) is 32.1. The summed E-state index contributed by atoms with van der Waals surface area (Å²) in [7, 11) is 0. The van der Waals surface area contributed by atoms with E-state index in [-0.39, 0.29) is 5.78 Å². The van der Waals surface area contributed by atoms with Crippen LogP contribution in [0.2, 0.25) is 0 Å². The normalized spacial score (nSPS) is 13.6. The number of rotatable bonds is 6. The van der Waals surface area contributed by atoms with Crippen molar-refractivity contribution in [2.24, 2.45) is 5.92 Å². The molecule has 6 heteroatoms. The standard InChI is InChI=1S/C18H20N2O2.C14H15NO.C4H10.C2H6/c1-13(21)14-7-8-17-18(11-14)20(16-9-10-22-12-16)19(17)15-5-3-2-4-6-15;1-11(14-4-2-3-9-15-14)10-12-5-7-13(16)8-6-12;1-4(2)3;1-2/h7-12,15H,2-6H2,1H3;2-9,11,16H,10H2,1H3;4H,1-3H3;1-2H3. The molecule has 1 fully saturated rings. The van der Waals surface area contributed by atoms with Crippen LogP contribution in [-0.2, 0) is 6.42 Å². The van der Waals surface area contributed by atoms with Crippen LogP contribution < -0.4 is 0 Å². The third kappa shape index (κ3) is 9.47. The Labute approximate surface area is 263 Å². The largest absolute Gasteiger partial charge is 0.508 e. The van der Waals surface area contributed by atoms with Gasteiger partial charge in [0.05, 0.1) is 23.3 Å². The molecule has 0 radical (unpaired) electrons. The molecule has 0 amide bonds. The number of aromatic nitrogens is 3. The summed E-state index contributed by atoms with van der Waals surface area (Å²) in [5, 5.41) is 9.20. The van der Waals surface area contributed by atoms with Gasteiger partial charge in [0.15, 0.2) is 5.78 Å². The van der Waals surface area contributed by atoms with Gasteiger partial charge in [-0.15, -0.1) is 0 Å². The van der Waals surface area contributed by atoms with Crippen LogP contribution >= 0.6 is 0 Å². The van der Waals surface area contributed by atoms with Gasteiger partial charge in [0.2, 0.25) is 0 Å². The summed E-state index contributed by atoms with van der Waals surface area (Å²) in [6, 6.07) is 21.9. The highest BCUT2D eigenvalue weighted by molar-refractivity contribution is 5.98. The molecular weight excluding hydrogens is 546 g/mol. The molecule has 0 bridgehead atoms. The Balaban J connectivity index is 0.000000212. The van der Waals surface area contributed by atoms with Crippen LogP contribution in [-0.4, -0.2) is 25.2 Å².